The first kappa shape index (κ1) is 15.1. The van der Waals surface area contributed by atoms with Gasteiger partial charge in [-0.05, 0) is 12.6 Å². The molecule has 1 aromatic carbocycles. The van der Waals surface area contributed by atoms with Gasteiger partial charge in [0.05, 0.1) is 6.42 Å². The molecule has 1 unspecified atom stereocenters. The summed E-state index contributed by atoms with van der Waals surface area (Å²) in [6.45, 7) is 2.08. The number of likely N-dealkylation sites (N-methyl/N-ethyl adjacent to an activating group) is 1. The van der Waals surface area contributed by atoms with Crippen LogP contribution < -0.4 is 0 Å². The predicted molar refractivity (Wildman–Crippen MR) is 66.3 cm³/mol. The van der Waals surface area contributed by atoms with Crippen molar-refractivity contribution in [3.8, 4) is 0 Å². The Labute approximate surface area is 110 Å². The van der Waals surface area contributed by atoms with E-state index in [1.165, 1.54) is 23.1 Å². The minimum absolute atomic E-state index is 0.0437. The van der Waals surface area contributed by atoms with E-state index in [-0.39, 0.29) is 18.5 Å². The lowest BCUT2D eigenvalue weighted by Gasteiger charge is -2.27. The highest BCUT2D eigenvalue weighted by molar-refractivity contribution is 5.75. The summed E-state index contributed by atoms with van der Waals surface area (Å²) in [5, 5.41) is 17.9. The van der Waals surface area contributed by atoms with Crippen molar-refractivity contribution in [1.29, 1.82) is 0 Å². The Morgan fingerprint density at radius 2 is 1.95 bits per heavy atom. The van der Waals surface area contributed by atoms with Gasteiger partial charge in [0.2, 0.25) is 0 Å². The van der Waals surface area contributed by atoms with Gasteiger partial charge >= 0.3 is 11.9 Å². The minimum atomic E-state index is -1.20. The van der Waals surface area contributed by atoms with Crippen molar-refractivity contribution >= 4 is 11.9 Å². The number of nitrogens with zero attached hydrogens (tertiary/aromatic N) is 1. The lowest BCUT2D eigenvalue weighted by atomic mass is 10.0. The molecule has 6 heteroatoms. The molecule has 0 radical (unpaired) electrons. The second kappa shape index (κ2) is 6.84. The molecule has 0 bridgehead atoms. The van der Waals surface area contributed by atoms with Crippen LogP contribution in [0.5, 0.6) is 0 Å². The van der Waals surface area contributed by atoms with Gasteiger partial charge in [-0.15, -0.1) is 0 Å². The Kier molecular flexibility index (Phi) is 5.44. The Bertz CT molecular complexity index is 464. The zero-order valence-corrected chi connectivity index (χ0v) is 10.5. The summed E-state index contributed by atoms with van der Waals surface area (Å²) < 4.78 is 13.7. The molecule has 0 saturated heterocycles. The molecule has 1 rings (SSSR count). The fourth-order valence-electron chi connectivity index (χ4n) is 1.89. The van der Waals surface area contributed by atoms with Crippen LogP contribution in [0.2, 0.25) is 0 Å². The summed E-state index contributed by atoms with van der Waals surface area (Å²) >= 11 is 0. The molecule has 19 heavy (non-hydrogen) atoms. The smallest absolute Gasteiger partial charge is 0.325 e. The molecule has 1 aromatic rings. The number of carbonyl (C=O) groups is 2. The van der Waals surface area contributed by atoms with Gasteiger partial charge in [-0.3, -0.25) is 14.5 Å². The third-order valence-corrected chi connectivity index (χ3v) is 2.82. The summed E-state index contributed by atoms with van der Waals surface area (Å²) in [7, 11) is 0. The predicted octanol–water partition coefficient (Wildman–Crippen LogP) is 1.75. The van der Waals surface area contributed by atoms with E-state index in [1.807, 2.05) is 0 Å². The maximum Gasteiger partial charge on any atom is 0.325 e. The molecule has 2 N–H and O–H groups in total. The zero-order chi connectivity index (χ0) is 14.4. The molecular formula is C13H16FNO4. The molecule has 0 amide bonds. The lowest BCUT2D eigenvalue weighted by molar-refractivity contribution is -0.145. The quantitative estimate of drug-likeness (QED) is 0.788. The Morgan fingerprint density at radius 1 is 1.32 bits per heavy atom. The van der Waals surface area contributed by atoms with E-state index < -0.39 is 23.8 Å². The maximum atomic E-state index is 13.7. The first-order chi connectivity index (χ1) is 8.97. The van der Waals surface area contributed by atoms with Gasteiger partial charge in [-0.1, -0.05) is 25.1 Å². The highest BCUT2D eigenvalue weighted by Crippen LogP contribution is 2.23. The van der Waals surface area contributed by atoms with Crippen LogP contribution in [0.15, 0.2) is 24.3 Å². The van der Waals surface area contributed by atoms with Crippen LogP contribution in [0.25, 0.3) is 0 Å². The summed E-state index contributed by atoms with van der Waals surface area (Å²) in [6.07, 6.45) is -0.188. The molecule has 0 heterocycles. The molecule has 0 fully saturated rings. The van der Waals surface area contributed by atoms with Crippen molar-refractivity contribution in [2.75, 3.05) is 13.1 Å². The van der Waals surface area contributed by atoms with Crippen LogP contribution in [0.3, 0.4) is 0 Å². The van der Waals surface area contributed by atoms with Crippen LogP contribution in [0.1, 0.15) is 24.9 Å². The van der Waals surface area contributed by atoms with Gasteiger partial charge in [-0.25, -0.2) is 4.39 Å². The van der Waals surface area contributed by atoms with E-state index >= 15 is 0 Å². The number of halogens is 1. The molecule has 0 saturated carbocycles. The van der Waals surface area contributed by atoms with E-state index in [0.29, 0.717) is 6.54 Å². The van der Waals surface area contributed by atoms with E-state index in [4.69, 9.17) is 5.11 Å². The monoisotopic (exact) mass is 269 g/mol. The second-order valence-corrected chi connectivity index (χ2v) is 4.03. The van der Waals surface area contributed by atoms with Crippen molar-refractivity contribution in [2.24, 2.45) is 0 Å². The number of rotatable bonds is 7. The second-order valence-electron chi connectivity index (χ2n) is 4.03. The number of benzene rings is 1. The standard InChI is InChI=1S/C13H16FNO4/c1-2-15(8-7-11(16)17)12(13(18)19)9-5-3-4-6-10(9)14/h3-6,12H,2,7-8H2,1H3,(H,16,17)(H,18,19). The number of aliphatic carboxylic acids is 2. The van der Waals surface area contributed by atoms with E-state index in [2.05, 4.69) is 0 Å². The molecule has 1 atom stereocenters. The first-order valence-electron chi connectivity index (χ1n) is 5.90. The number of hydrogen-bond donors (Lipinski definition) is 2. The van der Waals surface area contributed by atoms with Gasteiger partial charge < -0.3 is 10.2 Å². The first-order valence-corrected chi connectivity index (χ1v) is 5.90. The highest BCUT2D eigenvalue weighted by atomic mass is 19.1. The van der Waals surface area contributed by atoms with Crippen molar-refractivity contribution in [3.05, 3.63) is 35.6 Å². The van der Waals surface area contributed by atoms with Crippen molar-refractivity contribution in [1.82, 2.24) is 4.90 Å². The summed E-state index contributed by atoms with van der Waals surface area (Å²) in [5.41, 5.74) is 0.0437. The van der Waals surface area contributed by atoms with Crippen molar-refractivity contribution in [3.63, 3.8) is 0 Å². The molecule has 0 aliphatic heterocycles. The number of carboxylic acids is 2. The van der Waals surface area contributed by atoms with Crippen molar-refractivity contribution in [2.45, 2.75) is 19.4 Å². The summed E-state index contributed by atoms with van der Waals surface area (Å²) in [6, 6.07) is 4.45. The largest absolute Gasteiger partial charge is 0.481 e. The number of carboxylic acid groups (broad SMARTS) is 2. The fraction of sp³-hybridized carbons (Fsp3) is 0.385. The topological polar surface area (TPSA) is 77.8 Å². The van der Waals surface area contributed by atoms with E-state index in [9.17, 15) is 19.1 Å². The average molecular weight is 269 g/mol. The fourth-order valence-corrected chi connectivity index (χ4v) is 1.89. The maximum absolute atomic E-state index is 13.7. The normalized spacial score (nSPS) is 12.4. The van der Waals surface area contributed by atoms with Crippen LogP contribution in [0, 0.1) is 5.82 Å². The SMILES string of the molecule is CCN(CCC(=O)O)C(C(=O)O)c1ccccc1F. The Hall–Kier alpha value is -1.95. The molecule has 0 aliphatic rings. The van der Waals surface area contributed by atoms with E-state index in [1.54, 1.807) is 13.0 Å². The minimum Gasteiger partial charge on any atom is -0.481 e. The van der Waals surface area contributed by atoms with Gasteiger partial charge in [0.1, 0.15) is 11.9 Å². The molecule has 0 aliphatic carbocycles. The highest BCUT2D eigenvalue weighted by Gasteiger charge is 2.28. The van der Waals surface area contributed by atoms with Gasteiger partial charge in [-0.2, -0.15) is 0 Å². The average Bonchev–Trinajstić information content (AvgIpc) is 2.35. The molecule has 5 nitrogen and oxygen atoms in total. The molecule has 0 aromatic heterocycles. The zero-order valence-electron chi connectivity index (χ0n) is 10.5. The van der Waals surface area contributed by atoms with Crippen molar-refractivity contribution < 1.29 is 24.2 Å². The van der Waals surface area contributed by atoms with Crippen LogP contribution in [-0.4, -0.2) is 40.1 Å². The molecular weight excluding hydrogens is 253 g/mol. The molecule has 104 valence electrons. The van der Waals surface area contributed by atoms with Gasteiger partial charge in [0.25, 0.3) is 0 Å². The van der Waals surface area contributed by atoms with Gasteiger partial charge in [0, 0.05) is 12.1 Å². The number of hydrogen-bond acceptors (Lipinski definition) is 3. The van der Waals surface area contributed by atoms with E-state index in [0.717, 1.165) is 0 Å². The van der Waals surface area contributed by atoms with Crippen LogP contribution in [0.4, 0.5) is 4.39 Å². The van der Waals surface area contributed by atoms with Gasteiger partial charge in [0.15, 0.2) is 0 Å². The Balaban J connectivity index is 3.02. The lowest BCUT2D eigenvalue weighted by Crippen LogP contribution is -2.36. The Morgan fingerprint density at radius 3 is 2.42 bits per heavy atom. The van der Waals surface area contributed by atoms with Crippen LogP contribution >= 0.6 is 0 Å². The third kappa shape index (κ3) is 4.03. The summed E-state index contributed by atoms with van der Waals surface area (Å²) in [5.74, 6) is -2.82. The third-order valence-electron chi connectivity index (χ3n) is 2.82. The van der Waals surface area contributed by atoms with Crippen LogP contribution in [-0.2, 0) is 9.59 Å². The summed E-state index contributed by atoms with van der Waals surface area (Å²) in [4.78, 5) is 23.3. The molecule has 0 spiro atoms.